The molecule has 0 saturated heterocycles. The van der Waals surface area contributed by atoms with Crippen molar-refractivity contribution in [3.8, 4) is 0 Å². The van der Waals surface area contributed by atoms with Gasteiger partial charge in [0.1, 0.15) is 5.76 Å². The van der Waals surface area contributed by atoms with E-state index in [1.807, 2.05) is 0 Å². The van der Waals surface area contributed by atoms with E-state index in [0.717, 1.165) is 18.6 Å². The number of hydrogen-bond acceptors (Lipinski definition) is 2. The molecule has 0 fully saturated rings. The Morgan fingerprint density at radius 3 is 2.32 bits per heavy atom. The smallest absolute Gasteiger partial charge is 0.242 e. The zero-order chi connectivity index (χ0) is 14.8. The Morgan fingerprint density at radius 2 is 1.89 bits per heavy atom. The number of carbonyl (C=O) groups excluding carboxylic acids is 1. The highest BCUT2D eigenvalue weighted by Gasteiger charge is 2.33. The second-order valence-corrected chi connectivity index (χ2v) is 11.7. The van der Waals surface area contributed by atoms with Crippen LogP contribution >= 0.6 is 0 Å². The van der Waals surface area contributed by atoms with Crippen LogP contribution in [-0.2, 0) is 9.22 Å². The molecule has 0 aromatic carbocycles. The van der Waals surface area contributed by atoms with Gasteiger partial charge in [0, 0.05) is 6.08 Å². The zero-order valence-electron chi connectivity index (χ0n) is 13.5. The Labute approximate surface area is 119 Å². The van der Waals surface area contributed by atoms with Crippen LogP contribution in [0.15, 0.2) is 23.0 Å². The van der Waals surface area contributed by atoms with E-state index in [4.69, 9.17) is 4.43 Å². The topological polar surface area (TPSA) is 26.3 Å². The maximum absolute atomic E-state index is 11.5. The first-order chi connectivity index (χ1) is 8.53. The third-order valence-corrected chi connectivity index (χ3v) is 4.29. The summed E-state index contributed by atoms with van der Waals surface area (Å²) in [5.41, 5.74) is 2.74. The number of allylic oxidation sites excluding steroid dienone is 3. The fourth-order valence-electron chi connectivity index (χ4n) is 2.83. The third kappa shape index (κ3) is 4.64. The van der Waals surface area contributed by atoms with Crippen LogP contribution in [0.5, 0.6) is 0 Å². The van der Waals surface area contributed by atoms with Gasteiger partial charge in [0.15, 0.2) is 5.78 Å². The highest BCUT2D eigenvalue weighted by atomic mass is 28.4. The standard InChI is InChI=1S/C16H28O2Si/c1-12-9-8-10-16(3,4)15(12)14(11-13(2)17)18-19(5,6)7/h11H,8-10H2,1-7H3/b14-11+. The second-order valence-electron chi connectivity index (χ2n) is 7.23. The summed E-state index contributed by atoms with van der Waals surface area (Å²) in [6, 6.07) is 0. The van der Waals surface area contributed by atoms with Crippen LogP contribution in [0.4, 0.5) is 0 Å². The first-order valence-electron chi connectivity index (χ1n) is 7.15. The van der Waals surface area contributed by atoms with Gasteiger partial charge in [-0.1, -0.05) is 19.4 Å². The summed E-state index contributed by atoms with van der Waals surface area (Å²) in [6.07, 6.45) is 5.18. The summed E-state index contributed by atoms with van der Waals surface area (Å²) in [6.45, 7) is 14.8. The van der Waals surface area contributed by atoms with Crippen molar-refractivity contribution >= 4 is 14.1 Å². The van der Waals surface area contributed by atoms with Crippen molar-refractivity contribution in [2.45, 2.75) is 66.6 Å². The lowest BCUT2D eigenvalue weighted by atomic mass is 9.72. The highest BCUT2D eigenvalue weighted by Crippen LogP contribution is 2.44. The van der Waals surface area contributed by atoms with Gasteiger partial charge >= 0.3 is 0 Å². The molecule has 0 aliphatic heterocycles. The summed E-state index contributed by atoms with van der Waals surface area (Å²) in [5, 5.41) is 0. The predicted molar refractivity (Wildman–Crippen MR) is 83.5 cm³/mol. The molecule has 0 N–H and O–H groups in total. The second kappa shape index (κ2) is 5.66. The zero-order valence-corrected chi connectivity index (χ0v) is 14.5. The molecule has 0 radical (unpaired) electrons. The van der Waals surface area contributed by atoms with E-state index >= 15 is 0 Å². The molecule has 108 valence electrons. The Hall–Kier alpha value is -0.833. The molecular weight excluding hydrogens is 252 g/mol. The summed E-state index contributed by atoms with van der Waals surface area (Å²) in [4.78, 5) is 11.5. The minimum atomic E-state index is -1.72. The minimum absolute atomic E-state index is 0.0647. The summed E-state index contributed by atoms with van der Waals surface area (Å²) in [5.74, 6) is 0.892. The van der Waals surface area contributed by atoms with Gasteiger partial charge in [-0.05, 0) is 63.7 Å². The van der Waals surface area contributed by atoms with Gasteiger partial charge in [-0.25, -0.2) is 0 Å². The van der Waals surface area contributed by atoms with Crippen LogP contribution in [0.3, 0.4) is 0 Å². The molecule has 0 bridgehead atoms. The molecule has 0 saturated carbocycles. The van der Waals surface area contributed by atoms with Gasteiger partial charge < -0.3 is 4.43 Å². The largest absolute Gasteiger partial charge is 0.544 e. The van der Waals surface area contributed by atoms with Crippen LogP contribution < -0.4 is 0 Å². The lowest BCUT2D eigenvalue weighted by Crippen LogP contribution is -2.30. The average molecular weight is 280 g/mol. The fourth-order valence-corrected chi connectivity index (χ4v) is 3.65. The van der Waals surface area contributed by atoms with Crippen LogP contribution in [0.2, 0.25) is 19.6 Å². The molecule has 0 aromatic rings. The average Bonchev–Trinajstić information content (AvgIpc) is 2.11. The van der Waals surface area contributed by atoms with Crippen LogP contribution in [0, 0.1) is 5.41 Å². The first-order valence-corrected chi connectivity index (χ1v) is 10.6. The Balaban J connectivity index is 3.28. The van der Waals surface area contributed by atoms with Gasteiger partial charge in [-0.3, -0.25) is 4.79 Å². The quantitative estimate of drug-likeness (QED) is 0.418. The van der Waals surface area contributed by atoms with Crippen molar-refractivity contribution in [2.75, 3.05) is 0 Å². The Morgan fingerprint density at radius 1 is 1.32 bits per heavy atom. The van der Waals surface area contributed by atoms with Gasteiger partial charge in [0.05, 0.1) is 0 Å². The number of ketones is 1. The van der Waals surface area contributed by atoms with Gasteiger partial charge in [-0.2, -0.15) is 0 Å². The molecule has 0 aromatic heterocycles. The Kier molecular flexibility index (Phi) is 4.83. The fraction of sp³-hybridized carbons (Fsp3) is 0.688. The molecule has 2 nitrogen and oxygen atoms in total. The van der Waals surface area contributed by atoms with Crippen molar-refractivity contribution < 1.29 is 9.22 Å². The minimum Gasteiger partial charge on any atom is -0.544 e. The van der Waals surface area contributed by atoms with E-state index in [9.17, 15) is 4.79 Å². The maximum Gasteiger partial charge on any atom is 0.242 e. The van der Waals surface area contributed by atoms with Crippen LogP contribution in [0.25, 0.3) is 0 Å². The van der Waals surface area contributed by atoms with Crippen LogP contribution in [-0.4, -0.2) is 14.1 Å². The van der Waals surface area contributed by atoms with E-state index in [1.54, 1.807) is 13.0 Å². The van der Waals surface area contributed by atoms with Crippen molar-refractivity contribution in [3.05, 3.63) is 23.0 Å². The number of hydrogen-bond donors (Lipinski definition) is 0. The number of carbonyl (C=O) groups is 1. The van der Waals surface area contributed by atoms with E-state index < -0.39 is 8.32 Å². The van der Waals surface area contributed by atoms with Crippen molar-refractivity contribution in [2.24, 2.45) is 5.41 Å². The molecule has 0 heterocycles. The van der Waals surface area contributed by atoms with Gasteiger partial charge in [-0.15, -0.1) is 0 Å². The van der Waals surface area contributed by atoms with Crippen LogP contribution in [0.1, 0.15) is 47.0 Å². The monoisotopic (exact) mass is 280 g/mol. The normalized spacial score (nSPS) is 20.5. The summed E-state index contributed by atoms with van der Waals surface area (Å²) in [7, 11) is -1.72. The Bertz CT molecular complexity index is 423. The lowest BCUT2D eigenvalue weighted by molar-refractivity contribution is -0.112. The molecule has 1 rings (SSSR count). The maximum atomic E-state index is 11.5. The SMILES string of the molecule is CC(=O)/C=C(/O[Si](C)(C)C)C1=C(C)CCCC1(C)C. The first kappa shape index (κ1) is 16.2. The third-order valence-electron chi connectivity index (χ3n) is 3.45. The lowest BCUT2D eigenvalue weighted by Gasteiger charge is -2.37. The molecule has 0 atom stereocenters. The molecule has 0 spiro atoms. The highest BCUT2D eigenvalue weighted by molar-refractivity contribution is 6.70. The van der Waals surface area contributed by atoms with E-state index in [1.165, 1.54) is 17.6 Å². The molecule has 19 heavy (non-hydrogen) atoms. The molecule has 0 unspecified atom stereocenters. The van der Waals surface area contributed by atoms with Gasteiger partial charge in [0.2, 0.25) is 8.32 Å². The molecule has 1 aliphatic carbocycles. The van der Waals surface area contributed by atoms with Crippen molar-refractivity contribution in [3.63, 3.8) is 0 Å². The predicted octanol–water partition coefficient (Wildman–Crippen LogP) is 4.84. The van der Waals surface area contributed by atoms with E-state index in [2.05, 4.69) is 40.4 Å². The van der Waals surface area contributed by atoms with Crippen molar-refractivity contribution in [1.29, 1.82) is 0 Å². The summed E-state index contributed by atoms with van der Waals surface area (Å²) < 4.78 is 6.22. The molecule has 3 heteroatoms. The van der Waals surface area contributed by atoms with E-state index in [-0.39, 0.29) is 11.2 Å². The number of rotatable bonds is 4. The van der Waals surface area contributed by atoms with E-state index in [0.29, 0.717) is 0 Å². The van der Waals surface area contributed by atoms with Gasteiger partial charge in [0.25, 0.3) is 0 Å². The molecule has 1 aliphatic rings. The molecular formula is C16H28O2Si. The summed E-state index contributed by atoms with van der Waals surface area (Å²) >= 11 is 0. The molecule has 0 amide bonds. The van der Waals surface area contributed by atoms with Crippen molar-refractivity contribution in [1.82, 2.24) is 0 Å².